The van der Waals surface area contributed by atoms with E-state index in [1.54, 1.807) is 4.68 Å². The normalized spacial score (nSPS) is 18.8. The molecular formula is C15H16BrN3O. The molecule has 0 aliphatic carbocycles. The van der Waals surface area contributed by atoms with Crippen molar-refractivity contribution in [2.75, 3.05) is 16.8 Å². The number of anilines is 1. The van der Waals surface area contributed by atoms with Crippen molar-refractivity contribution < 1.29 is 4.79 Å². The standard InChI is InChI=1S/C15H16BrN3O/c1-18-14(19-10-11(9-16)7-15(19)20)8-13(17-18)12-5-3-2-4-6-12/h2-6,8,11H,7,9-10H2,1H3. The number of aromatic nitrogens is 2. The van der Waals surface area contributed by atoms with Crippen molar-refractivity contribution in [1.29, 1.82) is 0 Å². The number of carbonyl (C=O) groups is 1. The second-order valence-electron chi connectivity index (χ2n) is 5.11. The van der Waals surface area contributed by atoms with Crippen LogP contribution in [0.25, 0.3) is 11.3 Å². The van der Waals surface area contributed by atoms with Crippen molar-refractivity contribution in [3.63, 3.8) is 0 Å². The molecule has 2 heterocycles. The summed E-state index contributed by atoms with van der Waals surface area (Å²) in [6, 6.07) is 12.0. The molecule has 1 unspecified atom stereocenters. The van der Waals surface area contributed by atoms with Gasteiger partial charge in [-0.2, -0.15) is 5.10 Å². The lowest BCUT2D eigenvalue weighted by molar-refractivity contribution is -0.117. The molecule has 1 aliphatic heterocycles. The third kappa shape index (κ3) is 2.38. The Kier molecular flexibility index (Phi) is 3.61. The third-order valence-corrected chi connectivity index (χ3v) is 4.54. The average molecular weight is 334 g/mol. The summed E-state index contributed by atoms with van der Waals surface area (Å²) in [7, 11) is 1.89. The van der Waals surface area contributed by atoms with E-state index in [-0.39, 0.29) is 5.91 Å². The monoisotopic (exact) mass is 333 g/mol. The molecule has 1 saturated heterocycles. The maximum Gasteiger partial charge on any atom is 0.228 e. The number of rotatable bonds is 3. The van der Waals surface area contributed by atoms with Crippen LogP contribution in [-0.4, -0.2) is 27.6 Å². The van der Waals surface area contributed by atoms with Crippen molar-refractivity contribution >= 4 is 27.7 Å². The smallest absolute Gasteiger partial charge is 0.228 e. The Hall–Kier alpha value is -1.62. The van der Waals surface area contributed by atoms with Crippen LogP contribution >= 0.6 is 15.9 Å². The molecule has 1 atom stereocenters. The first-order chi connectivity index (χ1) is 9.69. The molecule has 4 nitrogen and oxygen atoms in total. The highest BCUT2D eigenvalue weighted by molar-refractivity contribution is 9.09. The van der Waals surface area contributed by atoms with Gasteiger partial charge in [-0.25, -0.2) is 0 Å². The number of halogens is 1. The maximum atomic E-state index is 12.1. The number of hydrogen-bond donors (Lipinski definition) is 0. The molecule has 20 heavy (non-hydrogen) atoms. The Bertz CT molecular complexity index is 623. The van der Waals surface area contributed by atoms with Crippen LogP contribution in [0.4, 0.5) is 5.82 Å². The van der Waals surface area contributed by atoms with Gasteiger partial charge < -0.3 is 0 Å². The van der Waals surface area contributed by atoms with Gasteiger partial charge in [0.2, 0.25) is 5.91 Å². The first kappa shape index (κ1) is 13.4. The van der Waals surface area contributed by atoms with E-state index < -0.39 is 0 Å². The average Bonchev–Trinajstić information content (AvgIpc) is 3.02. The fourth-order valence-electron chi connectivity index (χ4n) is 2.57. The van der Waals surface area contributed by atoms with Crippen LogP contribution in [0.2, 0.25) is 0 Å². The van der Waals surface area contributed by atoms with E-state index >= 15 is 0 Å². The van der Waals surface area contributed by atoms with Crippen LogP contribution in [0.15, 0.2) is 36.4 Å². The molecule has 1 aliphatic rings. The predicted octanol–water partition coefficient (Wildman–Crippen LogP) is 2.83. The summed E-state index contributed by atoms with van der Waals surface area (Å²) in [5, 5.41) is 5.38. The quantitative estimate of drug-likeness (QED) is 0.810. The van der Waals surface area contributed by atoms with E-state index in [0.717, 1.165) is 29.0 Å². The Morgan fingerprint density at radius 3 is 2.75 bits per heavy atom. The molecule has 5 heteroatoms. The van der Waals surface area contributed by atoms with Gasteiger partial charge in [0.1, 0.15) is 5.82 Å². The Balaban J connectivity index is 1.92. The van der Waals surface area contributed by atoms with Crippen molar-refractivity contribution in [2.45, 2.75) is 6.42 Å². The maximum absolute atomic E-state index is 12.1. The van der Waals surface area contributed by atoms with Gasteiger partial charge >= 0.3 is 0 Å². The lowest BCUT2D eigenvalue weighted by Gasteiger charge is -2.15. The van der Waals surface area contributed by atoms with Gasteiger partial charge in [0.05, 0.1) is 5.69 Å². The zero-order chi connectivity index (χ0) is 14.1. The minimum absolute atomic E-state index is 0.178. The van der Waals surface area contributed by atoms with Gasteiger partial charge in [0.25, 0.3) is 0 Å². The Labute approximate surface area is 126 Å². The van der Waals surface area contributed by atoms with Crippen molar-refractivity contribution in [1.82, 2.24) is 9.78 Å². The van der Waals surface area contributed by atoms with Crippen LogP contribution in [0.1, 0.15) is 6.42 Å². The highest BCUT2D eigenvalue weighted by Crippen LogP contribution is 2.29. The largest absolute Gasteiger partial charge is 0.297 e. The molecule has 0 saturated carbocycles. The number of nitrogens with zero attached hydrogens (tertiary/aromatic N) is 3. The summed E-state index contributed by atoms with van der Waals surface area (Å²) in [6.45, 7) is 0.762. The molecule has 0 N–H and O–H groups in total. The summed E-state index contributed by atoms with van der Waals surface area (Å²) >= 11 is 3.46. The molecule has 1 amide bonds. The predicted molar refractivity (Wildman–Crippen MR) is 82.9 cm³/mol. The minimum Gasteiger partial charge on any atom is -0.297 e. The van der Waals surface area contributed by atoms with Gasteiger partial charge in [0, 0.05) is 37.0 Å². The Morgan fingerprint density at radius 1 is 1.35 bits per heavy atom. The first-order valence-corrected chi connectivity index (χ1v) is 7.77. The van der Waals surface area contributed by atoms with Crippen molar-refractivity contribution in [3.05, 3.63) is 36.4 Å². The molecule has 0 spiro atoms. The van der Waals surface area contributed by atoms with Gasteiger partial charge in [-0.05, 0) is 5.92 Å². The topological polar surface area (TPSA) is 38.1 Å². The summed E-state index contributed by atoms with van der Waals surface area (Å²) in [4.78, 5) is 13.9. The van der Waals surface area contributed by atoms with E-state index in [4.69, 9.17) is 0 Å². The molecule has 104 valence electrons. The Morgan fingerprint density at radius 2 is 2.10 bits per heavy atom. The molecule has 1 fully saturated rings. The zero-order valence-electron chi connectivity index (χ0n) is 11.3. The van der Waals surface area contributed by atoms with E-state index in [9.17, 15) is 4.79 Å². The summed E-state index contributed by atoms with van der Waals surface area (Å²) in [6.07, 6.45) is 0.608. The van der Waals surface area contributed by atoms with E-state index in [2.05, 4.69) is 21.0 Å². The number of carbonyl (C=O) groups excluding carboxylic acids is 1. The van der Waals surface area contributed by atoms with Crippen LogP contribution in [0, 0.1) is 5.92 Å². The van der Waals surface area contributed by atoms with Crippen molar-refractivity contribution in [2.24, 2.45) is 13.0 Å². The third-order valence-electron chi connectivity index (χ3n) is 3.62. The van der Waals surface area contributed by atoms with Gasteiger partial charge in [-0.15, -0.1) is 0 Å². The number of amides is 1. The molecule has 0 bridgehead atoms. The second-order valence-corrected chi connectivity index (χ2v) is 5.75. The van der Waals surface area contributed by atoms with Crippen LogP contribution < -0.4 is 4.90 Å². The van der Waals surface area contributed by atoms with Crippen LogP contribution in [0.5, 0.6) is 0 Å². The SMILES string of the molecule is Cn1nc(-c2ccccc2)cc1N1CC(CBr)CC1=O. The first-order valence-electron chi connectivity index (χ1n) is 6.65. The van der Waals surface area contributed by atoms with E-state index in [0.29, 0.717) is 12.3 Å². The lowest BCUT2D eigenvalue weighted by atomic mass is 10.1. The van der Waals surface area contributed by atoms with Gasteiger partial charge in [0.15, 0.2) is 0 Å². The fourth-order valence-corrected chi connectivity index (χ4v) is 3.00. The molecule has 2 aromatic rings. The molecule has 1 aromatic carbocycles. The number of benzene rings is 1. The highest BCUT2D eigenvalue weighted by atomic mass is 79.9. The molecule has 3 rings (SSSR count). The summed E-state index contributed by atoms with van der Waals surface area (Å²) in [5.41, 5.74) is 1.97. The number of alkyl halides is 1. The van der Waals surface area contributed by atoms with Crippen molar-refractivity contribution in [3.8, 4) is 11.3 Å². The van der Waals surface area contributed by atoms with Crippen LogP contribution in [-0.2, 0) is 11.8 Å². The highest BCUT2D eigenvalue weighted by Gasteiger charge is 2.31. The van der Waals surface area contributed by atoms with Crippen LogP contribution in [0.3, 0.4) is 0 Å². The summed E-state index contributed by atoms with van der Waals surface area (Å²) in [5.74, 6) is 1.44. The minimum atomic E-state index is 0.178. The molecular weight excluding hydrogens is 318 g/mol. The second kappa shape index (κ2) is 5.40. The zero-order valence-corrected chi connectivity index (χ0v) is 12.9. The van der Waals surface area contributed by atoms with Gasteiger partial charge in [-0.1, -0.05) is 46.3 Å². The lowest BCUT2D eigenvalue weighted by Crippen LogP contribution is -2.26. The fraction of sp³-hybridized carbons (Fsp3) is 0.333. The molecule has 1 aromatic heterocycles. The van der Waals surface area contributed by atoms with Gasteiger partial charge in [-0.3, -0.25) is 14.4 Å². The van der Waals surface area contributed by atoms with E-state index in [1.165, 1.54) is 0 Å². The number of aryl methyl sites for hydroxylation is 1. The summed E-state index contributed by atoms with van der Waals surface area (Å²) < 4.78 is 1.79. The number of hydrogen-bond acceptors (Lipinski definition) is 2. The molecule has 0 radical (unpaired) electrons. The van der Waals surface area contributed by atoms with E-state index in [1.807, 2.05) is 48.3 Å².